The molecule has 1 aliphatic rings. The van der Waals surface area contributed by atoms with Crippen molar-refractivity contribution in [1.82, 2.24) is 25.3 Å². The van der Waals surface area contributed by atoms with E-state index in [2.05, 4.69) is 20.3 Å². The number of benzene rings is 2. The van der Waals surface area contributed by atoms with Gasteiger partial charge < -0.3 is 15.0 Å². The van der Waals surface area contributed by atoms with Gasteiger partial charge in [0.05, 0.1) is 17.1 Å². The zero-order valence-electron chi connectivity index (χ0n) is 16.9. The molecule has 5 rings (SSSR count). The van der Waals surface area contributed by atoms with E-state index in [1.165, 1.54) is 12.1 Å². The molecule has 7 heteroatoms. The highest BCUT2D eigenvalue weighted by atomic mass is 19.1. The number of imidazole rings is 1. The summed E-state index contributed by atoms with van der Waals surface area (Å²) in [6.07, 6.45) is 3.70. The number of halogens is 1. The quantitative estimate of drug-likeness (QED) is 0.483. The predicted molar refractivity (Wildman–Crippen MR) is 116 cm³/mol. The summed E-state index contributed by atoms with van der Waals surface area (Å²) < 4.78 is 19.3. The van der Waals surface area contributed by atoms with Gasteiger partial charge in [0.2, 0.25) is 0 Å². The number of rotatable bonds is 5. The van der Waals surface area contributed by atoms with E-state index >= 15 is 0 Å². The molecule has 0 bridgehead atoms. The Bertz CT molecular complexity index is 1150. The number of para-hydroxylation sites is 1. The Hall–Kier alpha value is -3.58. The zero-order valence-corrected chi connectivity index (χ0v) is 16.9. The van der Waals surface area contributed by atoms with Gasteiger partial charge in [-0.1, -0.05) is 18.2 Å². The second kappa shape index (κ2) is 8.65. The molecule has 6 nitrogen and oxygen atoms in total. The van der Waals surface area contributed by atoms with E-state index in [4.69, 9.17) is 9.72 Å². The zero-order chi connectivity index (χ0) is 21.0. The Kier molecular flexibility index (Phi) is 5.41. The topological polar surface area (TPSA) is 75.7 Å². The van der Waals surface area contributed by atoms with Crippen LogP contribution in [0.4, 0.5) is 4.39 Å². The fraction of sp³-hybridized carbons (Fsp3) is 0.208. The van der Waals surface area contributed by atoms with E-state index in [0.717, 1.165) is 48.7 Å². The molecule has 31 heavy (non-hydrogen) atoms. The lowest BCUT2D eigenvalue weighted by atomic mass is 9.98. The van der Waals surface area contributed by atoms with Gasteiger partial charge in [0.1, 0.15) is 17.4 Å². The molecular formula is C24H22FN5O. The number of hydrogen-bond donors (Lipinski definition) is 2. The smallest absolute Gasteiger partial charge is 0.322 e. The Morgan fingerprint density at radius 1 is 0.903 bits per heavy atom. The average molecular weight is 415 g/mol. The summed E-state index contributed by atoms with van der Waals surface area (Å²) in [5.74, 6) is 1.66. The number of aromatic amines is 1. The number of piperidine rings is 1. The van der Waals surface area contributed by atoms with Gasteiger partial charge in [0, 0.05) is 17.7 Å². The molecule has 0 aliphatic carbocycles. The van der Waals surface area contributed by atoms with Crippen LogP contribution in [0, 0.1) is 5.82 Å². The third-order valence-electron chi connectivity index (χ3n) is 5.41. The third kappa shape index (κ3) is 4.32. The van der Waals surface area contributed by atoms with E-state index in [0.29, 0.717) is 17.4 Å². The summed E-state index contributed by atoms with van der Waals surface area (Å²) in [5.41, 5.74) is 3.03. The molecule has 2 aromatic heterocycles. The molecule has 4 aromatic rings. The summed E-state index contributed by atoms with van der Waals surface area (Å²) in [4.78, 5) is 17.3. The summed E-state index contributed by atoms with van der Waals surface area (Å²) in [7, 11) is 0. The Morgan fingerprint density at radius 2 is 1.68 bits per heavy atom. The molecule has 1 fully saturated rings. The van der Waals surface area contributed by atoms with E-state index < -0.39 is 0 Å². The van der Waals surface area contributed by atoms with E-state index in [-0.39, 0.29) is 11.8 Å². The SMILES string of the molecule is Fc1ccc(-c2nc(C3CCNCC3)[nH]c2-c2ccnc(Oc3ccccc3)n2)cc1. The minimum atomic E-state index is -0.278. The number of aromatic nitrogens is 4. The molecule has 156 valence electrons. The van der Waals surface area contributed by atoms with Crippen molar-refractivity contribution in [2.75, 3.05) is 13.1 Å². The van der Waals surface area contributed by atoms with Crippen LogP contribution in [-0.4, -0.2) is 33.0 Å². The van der Waals surface area contributed by atoms with Gasteiger partial charge in [0.15, 0.2) is 0 Å². The number of ether oxygens (including phenoxy) is 1. The van der Waals surface area contributed by atoms with Crippen molar-refractivity contribution < 1.29 is 9.13 Å². The first kappa shape index (κ1) is 19.4. The van der Waals surface area contributed by atoms with Gasteiger partial charge in [0.25, 0.3) is 0 Å². The first-order chi connectivity index (χ1) is 15.3. The lowest BCUT2D eigenvalue weighted by Gasteiger charge is -2.20. The molecule has 0 spiro atoms. The van der Waals surface area contributed by atoms with Crippen LogP contribution in [0.15, 0.2) is 66.9 Å². The van der Waals surface area contributed by atoms with Crippen molar-refractivity contribution in [3.05, 3.63) is 78.5 Å². The summed E-state index contributed by atoms with van der Waals surface area (Å²) in [5, 5.41) is 3.39. The summed E-state index contributed by atoms with van der Waals surface area (Å²) >= 11 is 0. The summed E-state index contributed by atoms with van der Waals surface area (Å²) in [6, 6.07) is 17.9. The van der Waals surface area contributed by atoms with E-state index in [1.54, 1.807) is 18.3 Å². The van der Waals surface area contributed by atoms with Crippen molar-refractivity contribution in [3.8, 4) is 34.4 Å². The predicted octanol–water partition coefficient (Wildman–Crippen LogP) is 4.93. The van der Waals surface area contributed by atoms with Crippen LogP contribution in [0.1, 0.15) is 24.6 Å². The lowest BCUT2D eigenvalue weighted by molar-refractivity contribution is 0.442. The van der Waals surface area contributed by atoms with Crippen molar-refractivity contribution in [1.29, 1.82) is 0 Å². The maximum atomic E-state index is 13.5. The standard InChI is InChI=1S/C24H22FN5O/c25-18-8-6-16(7-9-18)21-22(30-23(29-21)17-10-13-26-14-11-17)20-12-15-27-24(28-20)31-19-4-2-1-3-5-19/h1-9,12,15,17,26H,10-11,13-14H2,(H,29,30). The second-order valence-electron chi connectivity index (χ2n) is 7.52. The molecule has 0 atom stereocenters. The molecule has 0 saturated carbocycles. The molecule has 0 amide bonds. The van der Waals surface area contributed by atoms with Crippen molar-refractivity contribution in [2.45, 2.75) is 18.8 Å². The fourth-order valence-corrected chi connectivity index (χ4v) is 3.81. The maximum Gasteiger partial charge on any atom is 0.322 e. The second-order valence-corrected chi connectivity index (χ2v) is 7.52. The van der Waals surface area contributed by atoms with Crippen LogP contribution in [0.5, 0.6) is 11.8 Å². The highest BCUT2D eigenvalue weighted by molar-refractivity contribution is 5.76. The van der Waals surface area contributed by atoms with Gasteiger partial charge in [-0.2, -0.15) is 4.98 Å². The normalized spacial score (nSPS) is 14.5. The Morgan fingerprint density at radius 3 is 2.45 bits per heavy atom. The average Bonchev–Trinajstić information content (AvgIpc) is 3.27. The van der Waals surface area contributed by atoms with Gasteiger partial charge in [-0.25, -0.2) is 14.4 Å². The van der Waals surface area contributed by atoms with E-state index in [9.17, 15) is 4.39 Å². The summed E-state index contributed by atoms with van der Waals surface area (Å²) in [6.45, 7) is 1.93. The molecule has 0 radical (unpaired) electrons. The molecular weight excluding hydrogens is 393 g/mol. The minimum Gasteiger partial charge on any atom is -0.424 e. The molecule has 3 heterocycles. The minimum absolute atomic E-state index is 0.256. The number of H-pyrrole nitrogens is 1. The molecule has 2 aromatic carbocycles. The number of nitrogens with one attached hydrogen (secondary N) is 2. The van der Waals surface area contributed by atoms with Crippen LogP contribution in [0.2, 0.25) is 0 Å². The lowest BCUT2D eigenvalue weighted by Crippen LogP contribution is -2.27. The van der Waals surface area contributed by atoms with Crippen LogP contribution in [0.25, 0.3) is 22.6 Å². The van der Waals surface area contributed by atoms with Crippen molar-refractivity contribution in [3.63, 3.8) is 0 Å². The van der Waals surface area contributed by atoms with Crippen LogP contribution in [0.3, 0.4) is 0 Å². The van der Waals surface area contributed by atoms with E-state index in [1.807, 2.05) is 36.4 Å². The van der Waals surface area contributed by atoms with Crippen molar-refractivity contribution in [2.24, 2.45) is 0 Å². The first-order valence-corrected chi connectivity index (χ1v) is 10.4. The largest absolute Gasteiger partial charge is 0.424 e. The molecule has 0 unspecified atom stereocenters. The van der Waals surface area contributed by atoms with Gasteiger partial charge >= 0.3 is 6.01 Å². The maximum absolute atomic E-state index is 13.5. The fourth-order valence-electron chi connectivity index (χ4n) is 3.81. The van der Waals surface area contributed by atoms with Crippen LogP contribution < -0.4 is 10.1 Å². The Balaban J connectivity index is 1.54. The number of nitrogens with zero attached hydrogens (tertiary/aromatic N) is 3. The Labute approximate surface area is 179 Å². The van der Waals surface area contributed by atoms with Crippen LogP contribution in [-0.2, 0) is 0 Å². The molecule has 1 aliphatic heterocycles. The molecule has 2 N–H and O–H groups in total. The first-order valence-electron chi connectivity index (χ1n) is 10.4. The van der Waals surface area contributed by atoms with Crippen LogP contribution >= 0.6 is 0 Å². The highest BCUT2D eigenvalue weighted by Crippen LogP contribution is 2.34. The van der Waals surface area contributed by atoms with Gasteiger partial charge in [-0.15, -0.1) is 0 Å². The molecule has 1 saturated heterocycles. The van der Waals surface area contributed by atoms with Gasteiger partial charge in [-0.3, -0.25) is 0 Å². The number of hydrogen-bond acceptors (Lipinski definition) is 5. The van der Waals surface area contributed by atoms with Crippen molar-refractivity contribution >= 4 is 0 Å². The third-order valence-corrected chi connectivity index (χ3v) is 5.41. The van der Waals surface area contributed by atoms with Gasteiger partial charge in [-0.05, 0) is 68.4 Å². The monoisotopic (exact) mass is 415 g/mol. The highest BCUT2D eigenvalue weighted by Gasteiger charge is 2.23.